The Balaban J connectivity index is 1.96. The van der Waals surface area contributed by atoms with E-state index in [2.05, 4.69) is 24.3 Å². The second-order valence-electron chi connectivity index (χ2n) is 4.77. The van der Waals surface area contributed by atoms with Crippen LogP contribution in [-0.2, 0) is 4.79 Å². The number of hydrogen-bond acceptors (Lipinski definition) is 2. The summed E-state index contributed by atoms with van der Waals surface area (Å²) in [5.41, 5.74) is 2.27. The van der Waals surface area contributed by atoms with Crippen LogP contribution in [0.5, 0.6) is 0 Å². The highest BCUT2D eigenvalue weighted by atomic mass is 16.4. The Labute approximate surface area is 112 Å². The first-order valence-electron chi connectivity index (χ1n) is 6.36. The first kappa shape index (κ1) is 11.9. The van der Waals surface area contributed by atoms with Crippen LogP contribution in [0.25, 0.3) is 0 Å². The molecule has 2 aromatic rings. The van der Waals surface area contributed by atoms with Gasteiger partial charge in [-0.2, -0.15) is 0 Å². The van der Waals surface area contributed by atoms with Gasteiger partial charge in [0.2, 0.25) is 0 Å². The predicted molar refractivity (Wildman–Crippen MR) is 72.9 cm³/mol. The molecule has 3 nitrogen and oxygen atoms in total. The Morgan fingerprint density at radius 3 is 1.84 bits per heavy atom. The van der Waals surface area contributed by atoms with E-state index >= 15 is 0 Å². The zero-order valence-corrected chi connectivity index (χ0v) is 10.4. The standard InChI is InChI=1S/C16H15NO2/c18-16(19)14-11-17(14)15(12-7-3-1-4-8-12)13-9-5-2-6-10-13/h1-10,14-15H,11H2,(H,18,19). The lowest BCUT2D eigenvalue weighted by Gasteiger charge is -2.19. The van der Waals surface area contributed by atoms with Crippen LogP contribution in [0.2, 0.25) is 0 Å². The van der Waals surface area contributed by atoms with Gasteiger partial charge < -0.3 is 5.11 Å². The Morgan fingerprint density at radius 2 is 1.47 bits per heavy atom. The molecule has 1 aliphatic rings. The third-order valence-corrected chi connectivity index (χ3v) is 3.50. The number of hydrogen-bond donors (Lipinski definition) is 1. The van der Waals surface area contributed by atoms with E-state index in [1.807, 2.05) is 41.3 Å². The highest BCUT2D eigenvalue weighted by molar-refractivity contribution is 5.77. The van der Waals surface area contributed by atoms with E-state index in [4.69, 9.17) is 5.11 Å². The number of aliphatic carboxylic acids is 1. The van der Waals surface area contributed by atoms with Gasteiger partial charge in [-0.1, -0.05) is 60.7 Å². The molecule has 3 rings (SSSR count). The third kappa shape index (κ3) is 2.37. The molecule has 1 fully saturated rings. The SMILES string of the molecule is O=C(O)C1CN1C(c1ccccc1)c1ccccc1. The topological polar surface area (TPSA) is 40.3 Å². The van der Waals surface area contributed by atoms with Gasteiger partial charge in [0.15, 0.2) is 0 Å². The molecule has 0 saturated carbocycles. The Kier molecular flexibility index (Phi) is 3.05. The summed E-state index contributed by atoms with van der Waals surface area (Å²) >= 11 is 0. The average molecular weight is 253 g/mol. The molecule has 1 saturated heterocycles. The molecule has 2 atom stereocenters. The third-order valence-electron chi connectivity index (χ3n) is 3.50. The highest BCUT2D eigenvalue weighted by Gasteiger charge is 2.45. The van der Waals surface area contributed by atoms with Gasteiger partial charge in [0.1, 0.15) is 6.04 Å². The molecule has 1 N–H and O–H groups in total. The number of rotatable bonds is 4. The Morgan fingerprint density at radius 1 is 1.00 bits per heavy atom. The van der Waals surface area contributed by atoms with Crippen molar-refractivity contribution < 1.29 is 9.90 Å². The highest BCUT2D eigenvalue weighted by Crippen LogP contribution is 2.37. The smallest absolute Gasteiger partial charge is 0.322 e. The number of nitrogens with zero attached hydrogens (tertiary/aromatic N) is 1. The van der Waals surface area contributed by atoms with Gasteiger partial charge >= 0.3 is 5.97 Å². The Bertz CT molecular complexity index is 528. The van der Waals surface area contributed by atoms with Gasteiger partial charge in [-0.25, -0.2) is 0 Å². The summed E-state index contributed by atoms with van der Waals surface area (Å²) in [6, 6.07) is 19.8. The second kappa shape index (κ2) is 4.86. The maximum absolute atomic E-state index is 11.1. The van der Waals surface area contributed by atoms with Gasteiger partial charge in [0.05, 0.1) is 6.04 Å². The van der Waals surface area contributed by atoms with Gasteiger partial charge in [-0.3, -0.25) is 9.69 Å². The van der Waals surface area contributed by atoms with E-state index in [0.29, 0.717) is 6.54 Å². The summed E-state index contributed by atoms with van der Waals surface area (Å²) in [7, 11) is 0. The summed E-state index contributed by atoms with van der Waals surface area (Å²) < 4.78 is 0. The van der Waals surface area contributed by atoms with Crippen molar-refractivity contribution in [3.8, 4) is 0 Å². The molecule has 1 aliphatic heterocycles. The Hall–Kier alpha value is -2.13. The maximum Gasteiger partial charge on any atom is 0.322 e. The molecule has 0 aliphatic carbocycles. The predicted octanol–water partition coefficient (Wildman–Crippen LogP) is 2.54. The molecular weight excluding hydrogens is 238 g/mol. The van der Waals surface area contributed by atoms with Crippen molar-refractivity contribution in [2.75, 3.05) is 6.54 Å². The van der Waals surface area contributed by atoms with E-state index < -0.39 is 5.97 Å². The fourth-order valence-electron chi connectivity index (χ4n) is 2.50. The quantitative estimate of drug-likeness (QED) is 0.851. The monoisotopic (exact) mass is 253 g/mol. The van der Waals surface area contributed by atoms with Gasteiger partial charge in [0.25, 0.3) is 0 Å². The number of carboxylic acid groups (broad SMARTS) is 1. The molecule has 96 valence electrons. The van der Waals surface area contributed by atoms with Crippen molar-refractivity contribution in [3.05, 3.63) is 71.8 Å². The molecule has 19 heavy (non-hydrogen) atoms. The van der Waals surface area contributed by atoms with Crippen molar-refractivity contribution in [1.82, 2.24) is 4.90 Å². The molecular formula is C16H15NO2. The van der Waals surface area contributed by atoms with Crippen molar-refractivity contribution in [1.29, 1.82) is 0 Å². The van der Waals surface area contributed by atoms with Crippen LogP contribution in [0.1, 0.15) is 17.2 Å². The molecule has 3 heteroatoms. The lowest BCUT2D eigenvalue weighted by Crippen LogP contribution is -2.18. The summed E-state index contributed by atoms with van der Waals surface area (Å²) in [4.78, 5) is 13.1. The van der Waals surface area contributed by atoms with Crippen LogP contribution in [0.3, 0.4) is 0 Å². The van der Waals surface area contributed by atoms with Crippen molar-refractivity contribution in [2.24, 2.45) is 0 Å². The van der Waals surface area contributed by atoms with Gasteiger partial charge in [-0.15, -0.1) is 0 Å². The van der Waals surface area contributed by atoms with Gasteiger partial charge in [-0.05, 0) is 11.1 Å². The van der Waals surface area contributed by atoms with Gasteiger partial charge in [0, 0.05) is 6.54 Å². The number of carboxylic acids is 1. The molecule has 0 radical (unpaired) electrons. The summed E-state index contributed by atoms with van der Waals surface area (Å²) in [5, 5.41) is 9.12. The number of carbonyl (C=O) groups is 1. The largest absolute Gasteiger partial charge is 0.480 e. The zero-order chi connectivity index (χ0) is 13.2. The van der Waals surface area contributed by atoms with E-state index in [1.54, 1.807) is 0 Å². The van der Waals surface area contributed by atoms with Crippen molar-refractivity contribution >= 4 is 5.97 Å². The molecule has 2 aromatic carbocycles. The minimum Gasteiger partial charge on any atom is -0.480 e. The first-order chi connectivity index (χ1) is 9.27. The molecule has 0 bridgehead atoms. The molecule has 0 aromatic heterocycles. The molecule has 2 unspecified atom stereocenters. The maximum atomic E-state index is 11.1. The van der Waals surface area contributed by atoms with Crippen LogP contribution in [0.4, 0.5) is 0 Å². The molecule has 1 heterocycles. The average Bonchev–Trinajstić information content (AvgIpc) is 3.22. The van der Waals surface area contributed by atoms with Crippen LogP contribution >= 0.6 is 0 Å². The van der Waals surface area contributed by atoms with Crippen molar-refractivity contribution in [2.45, 2.75) is 12.1 Å². The number of benzene rings is 2. The lowest BCUT2D eigenvalue weighted by molar-refractivity contribution is -0.137. The summed E-state index contributed by atoms with van der Waals surface area (Å²) in [6.07, 6.45) is 0. The fourth-order valence-corrected chi connectivity index (χ4v) is 2.50. The van der Waals surface area contributed by atoms with E-state index in [0.717, 1.165) is 11.1 Å². The molecule has 0 amide bonds. The minimum atomic E-state index is -0.739. The summed E-state index contributed by atoms with van der Waals surface area (Å²) in [5.74, 6) is -0.739. The minimum absolute atomic E-state index is 0.0310. The van der Waals surface area contributed by atoms with E-state index in [1.165, 1.54) is 0 Å². The van der Waals surface area contributed by atoms with E-state index in [9.17, 15) is 4.79 Å². The van der Waals surface area contributed by atoms with Crippen LogP contribution < -0.4 is 0 Å². The van der Waals surface area contributed by atoms with E-state index in [-0.39, 0.29) is 12.1 Å². The normalized spacial score (nSPS) is 21.3. The lowest BCUT2D eigenvalue weighted by atomic mass is 9.98. The van der Waals surface area contributed by atoms with Crippen LogP contribution in [0.15, 0.2) is 60.7 Å². The van der Waals surface area contributed by atoms with Crippen molar-refractivity contribution in [3.63, 3.8) is 0 Å². The second-order valence-corrected chi connectivity index (χ2v) is 4.77. The molecule has 0 spiro atoms. The zero-order valence-electron chi connectivity index (χ0n) is 10.4. The summed E-state index contributed by atoms with van der Waals surface area (Å²) in [6.45, 7) is 0.615. The van der Waals surface area contributed by atoms with Crippen LogP contribution in [-0.4, -0.2) is 28.6 Å². The van der Waals surface area contributed by atoms with Crippen LogP contribution in [0, 0.1) is 0 Å². The fraction of sp³-hybridized carbons (Fsp3) is 0.188. The first-order valence-corrected chi connectivity index (χ1v) is 6.36.